The molecule has 3 aromatic rings. The molecule has 2 aromatic heterocycles. The molecule has 0 aliphatic heterocycles. The third kappa shape index (κ3) is 3.70. The van der Waals surface area contributed by atoms with Gasteiger partial charge in [0.25, 0.3) is 11.8 Å². The molecule has 6 heteroatoms. The second kappa shape index (κ2) is 7.17. The zero-order valence-corrected chi connectivity index (χ0v) is 14.9. The van der Waals surface area contributed by atoms with Crippen molar-refractivity contribution in [2.24, 2.45) is 0 Å². The molecule has 0 atom stereocenters. The number of benzene rings is 1. The maximum Gasteiger partial charge on any atom is 0.291 e. The lowest BCUT2D eigenvalue weighted by Crippen LogP contribution is -2.32. The third-order valence-corrected chi connectivity index (χ3v) is 5.23. The van der Waals surface area contributed by atoms with Gasteiger partial charge in [-0.25, -0.2) is 0 Å². The van der Waals surface area contributed by atoms with Gasteiger partial charge >= 0.3 is 0 Å². The van der Waals surface area contributed by atoms with E-state index in [0.717, 1.165) is 18.4 Å². The van der Waals surface area contributed by atoms with Crippen LogP contribution in [0.3, 0.4) is 0 Å². The summed E-state index contributed by atoms with van der Waals surface area (Å²) in [6.07, 6.45) is 3.55. The van der Waals surface area contributed by atoms with Crippen molar-refractivity contribution in [2.45, 2.75) is 25.4 Å². The van der Waals surface area contributed by atoms with E-state index < -0.39 is 0 Å². The van der Waals surface area contributed by atoms with E-state index in [1.807, 2.05) is 35.2 Å². The zero-order valence-electron chi connectivity index (χ0n) is 14.1. The number of nitrogens with zero attached hydrogens (tertiary/aromatic N) is 1. The van der Waals surface area contributed by atoms with Crippen LogP contribution in [0.1, 0.15) is 38.6 Å². The Bertz CT molecular complexity index is 898. The Morgan fingerprint density at radius 2 is 1.88 bits per heavy atom. The Labute approximate surface area is 155 Å². The predicted molar refractivity (Wildman–Crippen MR) is 100 cm³/mol. The maximum absolute atomic E-state index is 13.0. The fourth-order valence-electron chi connectivity index (χ4n) is 2.78. The number of furan rings is 1. The Kier molecular flexibility index (Phi) is 4.58. The molecule has 1 N–H and O–H groups in total. The first-order valence-corrected chi connectivity index (χ1v) is 9.32. The van der Waals surface area contributed by atoms with Gasteiger partial charge in [-0.3, -0.25) is 9.59 Å². The standard InChI is InChI=1S/C20H18N2O3S/c23-19(16-7-4-12-25-16)21-18-11-10-17(26-18)20(24)22(15-8-9-15)13-14-5-2-1-3-6-14/h1-7,10-12,15H,8-9,13H2,(H,21,23). The molecule has 4 rings (SSSR count). The largest absolute Gasteiger partial charge is 0.459 e. The number of nitrogens with one attached hydrogen (secondary N) is 1. The molecule has 1 fully saturated rings. The molecule has 0 bridgehead atoms. The van der Waals surface area contributed by atoms with E-state index in [1.165, 1.54) is 17.6 Å². The van der Waals surface area contributed by atoms with Crippen molar-refractivity contribution in [3.63, 3.8) is 0 Å². The maximum atomic E-state index is 13.0. The normalized spacial score (nSPS) is 13.4. The minimum Gasteiger partial charge on any atom is -0.459 e. The molecular weight excluding hydrogens is 348 g/mol. The average Bonchev–Trinajstić information content (AvgIpc) is 3.15. The van der Waals surface area contributed by atoms with E-state index in [0.29, 0.717) is 22.5 Å². The van der Waals surface area contributed by atoms with Crippen molar-refractivity contribution in [2.75, 3.05) is 5.32 Å². The average molecular weight is 366 g/mol. The Hall–Kier alpha value is -2.86. The highest BCUT2D eigenvalue weighted by atomic mass is 32.1. The van der Waals surface area contributed by atoms with Gasteiger partial charge in [0, 0.05) is 12.6 Å². The van der Waals surface area contributed by atoms with Gasteiger partial charge in [0.2, 0.25) is 0 Å². The molecule has 5 nitrogen and oxygen atoms in total. The van der Waals surface area contributed by atoms with Gasteiger partial charge in [-0.15, -0.1) is 11.3 Å². The molecule has 1 saturated carbocycles. The summed E-state index contributed by atoms with van der Waals surface area (Å²) in [5, 5.41) is 3.40. The first-order valence-electron chi connectivity index (χ1n) is 8.50. The zero-order chi connectivity index (χ0) is 17.9. The van der Waals surface area contributed by atoms with E-state index in [9.17, 15) is 9.59 Å². The predicted octanol–water partition coefficient (Wildman–Crippen LogP) is 4.40. The molecule has 2 heterocycles. The number of rotatable bonds is 6. The Balaban J connectivity index is 1.46. The lowest BCUT2D eigenvalue weighted by molar-refractivity contribution is 0.0734. The lowest BCUT2D eigenvalue weighted by Gasteiger charge is -2.21. The molecular formula is C20H18N2O3S. The molecule has 1 aromatic carbocycles. The van der Waals surface area contributed by atoms with Crippen LogP contribution in [0.25, 0.3) is 0 Å². The van der Waals surface area contributed by atoms with E-state index in [1.54, 1.807) is 24.3 Å². The highest BCUT2D eigenvalue weighted by Gasteiger charge is 2.33. The molecule has 0 unspecified atom stereocenters. The van der Waals surface area contributed by atoms with Gasteiger partial charge in [0.15, 0.2) is 5.76 Å². The van der Waals surface area contributed by atoms with Crippen molar-refractivity contribution >= 4 is 28.2 Å². The van der Waals surface area contributed by atoms with Crippen molar-refractivity contribution in [1.29, 1.82) is 0 Å². The highest BCUT2D eigenvalue weighted by molar-refractivity contribution is 7.18. The van der Waals surface area contributed by atoms with Crippen LogP contribution in [0.4, 0.5) is 5.00 Å². The molecule has 1 aliphatic rings. The quantitative estimate of drug-likeness (QED) is 0.703. The molecule has 132 valence electrons. The summed E-state index contributed by atoms with van der Waals surface area (Å²) in [6, 6.07) is 17.1. The van der Waals surface area contributed by atoms with Gasteiger partial charge in [-0.2, -0.15) is 0 Å². The Morgan fingerprint density at radius 3 is 2.58 bits per heavy atom. The fourth-order valence-corrected chi connectivity index (χ4v) is 3.63. The van der Waals surface area contributed by atoms with Crippen molar-refractivity contribution in [3.8, 4) is 0 Å². The monoisotopic (exact) mass is 366 g/mol. The van der Waals surface area contributed by atoms with Gasteiger partial charge in [0.1, 0.15) is 0 Å². The molecule has 0 radical (unpaired) electrons. The molecule has 0 spiro atoms. The lowest BCUT2D eigenvalue weighted by atomic mass is 10.2. The summed E-state index contributed by atoms with van der Waals surface area (Å²) in [7, 11) is 0. The van der Waals surface area contributed by atoms with Crippen LogP contribution in [0.15, 0.2) is 65.3 Å². The van der Waals surface area contributed by atoms with Crippen LogP contribution in [0, 0.1) is 0 Å². The van der Waals surface area contributed by atoms with Gasteiger partial charge < -0.3 is 14.6 Å². The summed E-state index contributed by atoms with van der Waals surface area (Å²) < 4.78 is 5.08. The number of hydrogen-bond donors (Lipinski definition) is 1. The second-order valence-electron chi connectivity index (χ2n) is 6.25. The SMILES string of the molecule is O=C(Nc1ccc(C(=O)N(Cc2ccccc2)C2CC2)s1)c1ccco1. The van der Waals surface area contributed by atoms with Crippen LogP contribution in [0.2, 0.25) is 0 Å². The van der Waals surface area contributed by atoms with Crippen molar-refractivity contribution in [3.05, 3.63) is 77.1 Å². The van der Waals surface area contributed by atoms with Crippen LogP contribution in [-0.4, -0.2) is 22.8 Å². The molecule has 2 amide bonds. The smallest absolute Gasteiger partial charge is 0.291 e. The van der Waals surface area contributed by atoms with Crippen LogP contribution < -0.4 is 5.32 Å². The van der Waals surface area contributed by atoms with Gasteiger partial charge in [-0.05, 0) is 42.7 Å². The molecule has 1 aliphatic carbocycles. The highest BCUT2D eigenvalue weighted by Crippen LogP contribution is 2.32. The van der Waals surface area contributed by atoms with Crippen LogP contribution in [0.5, 0.6) is 0 Å². The van der Waals surface area contributed by atoms with Gasteiger partial charge in [-0.1, -0.05) is 30.3 Å². The molecule has 26 heavy (non-hydrogen) atoms. The van der Waals surface area contributed by atoms with Gasteiger partial charge in [0.05, 0.1) is 16.1 Å². The fraction of sp³-hybridized carbons (Fsp3) is 0.200. The number of hydrogen-bond acceptors (Lipinski definition) is 4. The van der Waals surface area contributed by atoms with E-state index in [2.05, 4.69) is 5.32 Å². The van der Waals surface area contributed by atoms with Crippen molar-refractivity contribution < 1.29 is 14.0 Å². The van der Waals surface area contributed by atoms with Crippen molar-refractivity contribution in [1.82, 2.24) is 4.90 Å². The van der Waals surface area contributed by atoms with E-state index >= 15 is 0 Å². The summed E-state index contributed by atoms with van der Waals surface area (Å²) in [5.41, 5.74) is 1.12. The second-order valence-corrected chi connectivity index (χ2v) is 7.33. The van der Waals surface area contributed by atoms with Crippen LogP contribution in [-0.2, 0) is 6.54 Å². The number of carbonyl (C=O) groups is 2. The molecule has 0 saturated heterocycles. The van der Waals surface area contributed by atoms with E-state index in [-0.39, 0.29) is 17.6 Å². The number of anilines is 1. The summed E-state index contributed by atoms with van der Waals surface area (Å²) in [6.45, 7) is 0.607. The van der Waals surface area contributed by atoms with E-state index in [4.69, 9.17) is 4.42 Å². The summed E-state index contributed by atoms with van der Waals surface area (Å²) in [4.78, 5) is 27.6. The minimum atomic E-state index is -0.320. The number of thiophene rings is 1. The minimum absolute atomic E-state index is 0.0138. The third-order valence-electron chi connectivity index (χ3n) is 4.24. The topological polar surface area (TPSA) is 62.6 Å². The first kappa shape index (κ1) is 16.6. The Morgan fingerprint density at radius 1 is 1.08 bits per heavy atom. The summed E-state index contributed by atoms with van der Waals surface area (Å²) in [5.74, 6) is -0.0611. The summed E-state index contributed by atoms with van der Waals surface area (Å²) >= 11 is 1.29. The first-order chi connectivity index (χ1) is 12.7. The van der Waals surface area contributed by atoms with Crippen LogP contribution >= 0.6 is 11.3 Å². The number of amides is 2. The number of carbonyl (C=O) groups excluding carboxylic acids is 2.